The maximum absolute atomic E-state index is 11.0. The Morgan fingerprint density at radius 2 is 2.41 bits per heavy atom. The van der Waals surface area contributed by atoms with Gasteiger partial charge in [0.15, 0.2) is 5.96 Å². The predicted octanol–water partition coefficient (Wildman–Crippen LogP) is 1.20. The summed E-state index contributed by atoms with van der Waals surface area (Å²) in [5.41, 5.74) is 6.24. The zero-order valence-corrected chi connectivity index (χ0v) is 10.1. The van der Waals surface area contributed by atoms with E-state index in [-0.39, 0.29) is 6.04 Å². The number of rotatable bonds is 2. The lowest BCUT2D eigenvalue weighted by atomic mass is 10.2. The van der Waals surface area contributed by atoms with Gasteiger partial charge in [-0.15, -0.1) is 0 Å². The minimum absolute atomic E-state index is 0.251. The number of nitrogens with zero attached hydrogens (tertiary/aromatic N) is 1. The van der Waals surface area contributed by atoms with Gasteiger partial charge in [-0.05, 0) is 25.1 Å². The Labute approximate surface area is 104 Å². The molecule has 0 saturated heterocycles. The topological polar surface area (TPSA) is 79.5 Å². The molecule has 1 amide bonds. The van der Waals surface area contributed by atoms with Crippen molar-refractivity contribution in [2.45, 2.75) is 13.0 Å². The highest BCUT2D eigenvalue weighted by Crippen LogP contribution is 2.23. The van der Waals surface area contributed by atoms with Crippen molar-refractivity contribution in [1.29, 1.82) is 0 Å². The van der Waals surface area contributed by atoms with Gasteiger partial charge in [0, 0.05) is 12.1 Å². The summed E-state index contributed by atoms with van der Waals surface area (Å²) in [4.78, 5) is 15.3. The lowest BCUT2D eigenvalue weighted by Crippen LogP contribution is -2.27. The number of hydrogen-bond acceptors (Lipinski definition) is 4. The molecule has 90 valence electrons. The SMILES string of the molecule is CC1CNC(Nc2ccc(C(N)=O)cc2Cl)=N1. The molecule has 0 aromatic heterocycles. The molecule has 0 saturated carbocycles. The molecule has 1 unspecified atom stereocenters. The van der Waals surface area contributed by atoms with Crippen LogP contribution in [0.25, 0.3) is 0 Å². The third kappa shape index (κ3) is 2.68. The monoisotopic (exact) mass is 252 g/mol. The lowest BCUT2D eigenvalue weighted by Gasteiger charge is -2.08. The molecule has 0 fully saturated rings. The molecule has 1 aromatic carbocycles. The first kappa shape index (κ1) is 11.7. The van der Waals surface area contributed by atoms with Crippen LogP contribution in [0.1, 0.15) is 17.3 Å². The van der Waals surface area contributed by atoms with Gasteiger partial charge in [-0.2, -0.15) is 0 Å². The first-order valence-corrected chi connectivity index (χ1v) is 5.62. The second-order valence-corrected chi connectivity index (χ2v) is 4.30. The summed E-state index contributed by atoms with van der Waals surface area (Å²) in [5, 5.41) is 6.60. The second-order valence-electron chi connectivity index (χ2n) is 3.89. The molecule has 0 spiro atoms. The average Bonchev–Trinajstić information content (AvgIpc) is 2.67. The molecule has 5 nitrogen and oxygen atoms in total. The minimum Gasteiger partial charge on any atom is -0.366 e. The predicted molar refractivity (Wildman–Crippen MR) is 68.5 cm³/mol. The van der Waals surface area contributed by atoms with E-state index in [1.807, 2.05) is 6.92 Å². The van der Waals surface area contributed by atoms with Crippen LogP contribution >= 0.6 is 11.6 Å². The first-order valence-electron chi connectivity index (χ1n) is 5.24. The van der Waals surface area contributed by atoms with Crippen molar-refractivity contribution in [1.82, 2.24) is 5.32 Å². The number of primary amides is 1. The van der Waals surface area contributed by atoms with Crippen LogP contribution in [-0.2, 0) is 0 Å². The van der Waals surface area contributed by atoms with Crippen molar-refractivity contribution in [3.63, 3.8) is 0 Å². The Kier molecular flexibility index (Phi) is 3.19. The summed E-state index contributed by atoms with van der Waals surface area (Å²) in [7, 11) is 0. The van der Waals surface area contributed by atoms with Gasteiger partial charge in [-0.1, -0.05) is 11.6 Å². The average molecular weight is 253 g/mol. The van der Waals surface area contributed by atoms with Gasteiger partial charge >= 0.3 is 0 Å². The van der Waals surface area contributed by atoms with Gasteiger partial charge in [-0.3, -0.25) is 4.79 Å². The van der Waals surface area contributed by atoms with Gasteiger partial charge < -0.3 is 16.4 Å². The van der Waals surface area contributed by atoms with Gasteiger partial charge in [-0.25, -0.2) is 4.99 Å². The van der Waals surface area contributed by atoms with Crippen LogP contribution in [0.5, 0.6) is 0 Å². The first-order chi connectivity index (χ1) is 8.06. The van der Waals surface area contributed by atoms with Crippen LogP contribution in [0, 0.1) is 0 Å². The molecular weight excluding hydrogens is 240 g/mol. The standard InChI is InChI=1S/C11H13ClN4O/c1-6-5-14-11(15-6)16-9-3-2-7(10(13)17)4-8(9)12/h2-4,6H,5H2,1H3,(H2,13,17)(H2,14,15,16). The van der Waals surface area contributed by atoms with Crippen molar-refractivity contribution < 1.29 is 4.79 Å². The molecule has 1 aliphatic rings. The zero-order chi connectivity index (χ0) is 12.4. The third-order valence-electron chi connectivity index (χ3n) is 2.42. The number of carbonyl (C=O) groups excluding carboxylic acids is 1. The Hall–Kier alpha value is -1.75. The summed E-state index contributed by atoms with van der Waals surface area (Å²) >= 11 is 6.04. The zero-order valence-electron chi connectivity index (χ0n) is 9.33. The maximum atomic E-state index is 11.0. The summed E-state index contributed by atoms with van der Waals surface area (Å²) in [5.74, 6) is 0.189. The third-order valence-corrected chi connectivity index (χ3v) is 2.73. The molecule has 1 atom stereocenters. The van der Waals surface area contributed by atoms with Crippen LogP contribution in [0.4, 0.5) is 5.69 Å². The Bertz CT molecular complexity index is 486. The van der Waals surface area contributed by atoms with Crippen LogP contribution in [0.2, 0.25) is 5.02 Å². The highest BCUT2D eigenvalue weighted by molar-refractivity contribution is 6.34. The van der Waals surface area contributed by atoms with E-state index in [1.165, 1.54) is 6.07 Å². The number of halogens is 1. The van der Waals surface area contributed by atoms with Crippen LogP contribution < -0.4 is 16.4 Å². The van der Waals surface area contributed by atoms with Crippen LogP contribution in [0.3, 0.4) is 0 Å². The molecule has 0 aliphatic carbocycles. The maximum Gasteiger partial charge on any atom is 0.248 e. The number of hydrogen-bond donors (Lipinski definition) is 3. The van der Waals surface area contributed by atoms with E-state index >= 15 is 0 Å². The lowest BCUT2D eigenvalue weighted by molar-refractivity contribution is 0.100. The Balaban J connectivity index is 2.17. The molecule has 6 heteroatoms. The van der Waals surface area contributed by atoms with Crippen molar-refractivity contribution in [2.24, 2.45) is 10.7 Å². The molecule has 0 bridgehead atoms. The summed E-state index contributed by atoms with van der Waals surface area (Å²) in [6.45, 7) is 2.82. The fourth-order valence-corrected chi connectivity index (χ4v) is 1.76. The molecule has 1 aromatic rings. The highest BCUT2D eigenvalue weighted by atomic mass is 35.5. The van der Waals surface area contributed by atoms with Crippen LogP contribution in [0.15, 0.2) is 23.2 Å². The number of carbonyl (C=O) groups is 1. The highest BCUT2D eigenvalue weighted by Gasteiger charge is 2.13. The number of nitrogens with two attached hydrogens (primary N) is 1. The van der Waals surface area contributed by atoms with E-state index in [0.717, 1.165) is 6.54 Å². The summed E-state index contributed by atoms with van der Waals surface area (Å²) < 4.78 is 0. The molecule has 17 heavy (non-hydrogen) atoms. The molecule has 4 N–H and O–H groups in total. The summed E-state index contributed by atoms with van der Waals surface area (Å²) in [6.07, 6.45) is 0. The smallest absolute Gasteiger partial charge is 0.248 e. The van der Waals surface area contributed by atoms with Crippen molar-refractivity contribution >= 4 is 29.2 Å². The number of guanidine groups is 1. The van der Waals surface area contributed by atoms with E-state index < -0.39 is 5.91 Å². The van der Waals surface area contributed by atoms with E-state index in [2.05, 4.69) is 15.6 Å². The fraction of sp³-hybridized carbons (Fsp3) is 0.273. The number of amides is 1. The summed E-state index contributed by atoms with van der Waals surface area (Å²) in [6, 6.07) is 5.11. The second kappa shape index (κ2) is 4.63. The van der Waals surface area contributed by atoms with Crippen molar-refractivity contribution in [3.8, 4) is 0 Å². The Morgan fingerprint density at radius 1 is 1.65 bits per heavy atom. The number of benzene rings is 1. The van der Waals surface area contributed by atoms with Crippen LogP contribution in [-0.4, -0.2) is 24.5 Å². The molecule has 1 aliphatic heterocycles. The molecule has 1 heterocycles. The van der Waals surface area contributed by atoms with E-state index in [0.29, 0.717) is 22.2 Å². The van der Waals surface area contributed by atoms with E-state index in [9.17, 15) is 4.79 Å². The number of anilines is 1. The van der Waals surface area contributed by atoms with Crippen molar-refractivity contribution in [2.75, 3.05) is 11.9 Å². The Morgan fingerprint density at radius 3 is 2.94 bits per heavy atom. The fourth-order valence-electron chi connectivity index (χ4n) is 1.53. The van der Waals surface area contributed by atoms with E-state index in [1.54, 1.807) is 12.1 Å². The number of aliphatic imine (C=N–C) groups is 1. The molecular formula is C11H13ClN4O. The van der Waals surface area contributed by atoms with Crippen molar-refractivity contribution in [3.05, 3.63) is 28.8 Å². The normalized spacial score (nSPS) is 18.5. The van der Waals surface area contributed by atoms with E-state index in [4.69, 9.17) is 17.3 Å². The van der Waals surface area contributed by atoms with Gasteiger partial charge in [0.1, 0.15) is 0 Å². The van der Waals surface area contributed by atoms with Gasteiger partial charge in [0.05, 0.1) is 16.8 Å². The van der Waals surface area contributed by atoms with Gasteiger partial charge in [0.2, 0.25) is 5.91 Å². The van der Waals surface area contributed by atoms with Gasteiger partial charge in [0.25, 0.3) is 0 Å². The molecule has 2 rings (SSSR count). The minimum atomic E-state index is -0.497. The molecule has 0 radical (unpaired) electrons. The quantitative estimate of drug-likeness (QED) is 0.740. The number of nitrogens with one attached hydrogen (secondary N) is 2. The largest absolute Gasteiger partial charge is 0.366 e.